The second-order valence-electron chi connectivity index (χ2n) is 12.3. The summed E-state index contributed by atoms with van der Waals surface area (Å²) < 4.78 is 7.82. The van der Waals surface area contributed by atoms with E-state index >= 15 is 0 Å². The molecule has 0 aliphatic carbocycles. The topological polar surface area (TPSA) is 70.4 Å². The van der Waals surface area contributed by atoms with Gasteiger partial charge in [-0.15, -0.1) is 70.1 Å². The van der Waals surface area contributed by atoms with Gasteiger partial charge in [0.05, 0.1) is 19.8 Å². The van der Waals surface area contributed by atoms with Crippen LogP contribution in [-0.4, -0.2) is 24.2 Å². The summed E-state index contributed by atoms with van der Waals surface area (Å²) in [6.07, 6.45) is 16.2. The molecule has 0 unspecified atom stereocenters. The molecule has 0 saturated heterocycles. The van der Waals surface area contributed by atoms with Crippen molar-refractivity contribution < 1.29 is 29.2 Å². The van der Waals surface area contributed by atoms with Crippen LogP contribution in [0.1, 0.15) is 5.82 Å². The van der Waals surface area contributed by atoms with Gasteiger partial charge in [-0.2, -0.15) is 0 Å². The molecule has 8 nitrogen and oxygen atoms in total. The van der Waals surface area contributed by atoms with Crippen LogP contribution in [0, 0.1) is 31.7 Å². The molecule has 261 valence electrons. The number of aryl methyl sites for hydroxylation is 3. The fourth-order valence-corrected chi connectivity index (χ4v) is 6.25. The Bertz CT molecular complexity index is 2640. The maximum atomic E-state index is 4.10. The molecular formula is C44H33IrN8-3. The van der Waals surface area contributed by atoms with Gasteiger partial charge in [0.15, 0.2) is 0 Å². The van der Waals surface area contributed by atoms with Crippen LogP contribution in [0.3, 0.4) is 0 Å². The third-order valence-corrected chi connectivity index (χ3v) is 8.65. The maximum Gasteiger partial charge on any atom is 0.241 e. The Morgan fingerprint density at radius 2 is 1.02 bits per heavy atom. The van der Waals surface area contributed by atoms with E-state index in [1.807, 2.05) is 75.4 Å². The minimum atomic E-state index is 0. The molecule has 0 amide bonds. The van der Waals surface area contributed by atoms with Crippen LogP contribution < -0.4 is 14.2 Å². The third-order valence-electron chi connectivity index (χ3n) is 8.65. The van der Waals surface area contributed by atoms with Crippen LogP contribution >= 0.6 is 0 Å². The Balaban J connectivity index is 0.000000126. The van der Waals surface area contributed by atoms with E-state index in [0.29, 0.717) is 11.6 Å². The van der Waals surface area contributed by atoms with Crippen molar-refractivity contribution in [2.75, 3.05) is 0 Å². The number of fused-ring (bicyclic) bond motifs is 6. The van der Waals surface area contributed by atoms with Crippen molar-refractivity contribution >= 4 is 43.1 Å². The van der Waals surface area contributed by atoms with E-state index in [1.54, 1.807) is 13.1 Å². The fourth-order valence-electron chi connectivity index (χ4n) is 6.25. The average molecular weight is 866 g/mol. The predicted octanol–water partition coefficient (Wildman–Crippen LogP) is 7.22. The van der Waals surface area contributed by atoms with Crippen LogP contribution in [0.2, 0.25) is 0 Å². The first kappa shape index (κ1) is 35.1. The van der Waals surface area contributed by atoms with Crippen molar-refractivity contribution in [3.05, 3.63) is 177 Å². The normalized spacial score (nSPS) is 10.8. The van der Waals surface area contributed by atoms with Gasteiger partial charge in [-0.3, -0.25) is 10.1 Å². The molecule has 4 heterocycles. The van der Waals surface area contributed by atoms with E-state index in [1.165, 1.54) is 32.3 Å². The number of benzene rings is 6. The number of nitrogens with zero attached hydrogens (tertiary/aromatic N) is 8. The molecule has 1 radical (unpaired) electrons. The summed E-state index contributed by atoms with van der Waals surface area (Å²) in [5.41, 5.74) is 2.85. The monoisotopic (exact) mass is 866 g/mol. The van der Waals surface area contributed by atoms with E-state index < -0.39 is 0 Å². The summed E-state index contributed by atoms with van der Waals surface area (Å²) in [5.74, 6) is 1.27. The number of imidazole rings is 2. The number of pyridine rings is 1. The maximum absolute atomic E-state index is 4.10. The van der Waals surface area contributed by atoms with Crippen LogP contribution in [0.4, 0.5) is 0 Å². The smallest absolute Gasteiger partial charge is 0.241 e. The summed E-state index contributed by atoms with van der Waals surface area (Å²) in [5, 5.41) is 17.3. The van der Waals surface area contributed by atoms with Crippen LogP contribution in [-0.2, 0) is 34.2 Å². The molecule has 0 aliphatic rings. The zero-order valence-corrected chi connectivity index (χ0v) is 31.7. The Morgan fingerprint density at radius 1 is 0.566 bits per heavy atom. The van der Waals surface area contributed by atoms with Gasteiger partial charge in [-0.05, 0) is 36.3 Å². The van der Waals surface area contributed by atoms with Gasteiger partial charge >= 0.3 is 0 Å². The van der Waals surface area contributed by atoms with Crippen molar-refractivity contribution in [1.29, 1.82) is 0 Å². The van der Waals surface area contributed by atoms with Crippen molar-refractivity contribution in [3.63, 3.8) is 0 Å². The van der Waals surface area contributed by atoms with Gasteiger partial charge < -0.3 is 28.4 Å². The van der Waals surface area contributed by atoms with Crippen LogP contribution in [0.25, 0.3) is 66.0 Å². The quantitative estimate of drug-likeness (QED) is 0.107. The molecule has 0 atom stereocenters. The number of rotatable bonds is 3. The zero-order chi connectivity index (χ0) is 35.4. The van der Waals surface area contributed by atoms with E-state index in [2.05, 4.69) is 142 Å². The van der Waals surface area contributed by atoms with Gasteiger partial charge in [-0.1, -0.05) is 88.3 Å². The van der Waals surface area contributed by atoms with Crippen LogP contribution in [0.15, 0.2) is 146 Å². The molecule has 10 rings (SSSR count). The molecule has 4 aromatic heterocycles. The molecule has 0 N–H and O–H groups in total. The second-order valence-corrected chi connectivity index (χ2v) is 12.3. The molecule has 0 bridgehead atoms. The average Bonchev–Trinajstić information content (AvgIpc) is 3.96. The largest absolute Gasteiger partial charge is 0.421 e. The molecular weight excluding hydrogens is 833 g/mol. The molecule has 0 spiro atoms. The first-order valence-corrected chi connectivity index (χ1v) is 16.9. The molecule has 53 heavy (non-hydrogen) atoms. The van der Waals surface area contributed by atoms with Gasteiger partial charge in [-0.25, -0.2) is 0 Å². The van der Waals surface area contributed by atoms with E-state index in [4.69, 9.17) is 0 Å². The first-order valence-electron chi connectivity index (χ1n) is 16.9. The minimum Gasteiger partial charge on any atom is -0.421 e. The predicted molar refractivity (Wildman–Crippen MR) is 203 cm³/mol. The van der Waals surface area contributed by atoms with E-state index in [-0.39, 0.29) is 20.1 Å². The summed E-state index contributed by atoms with van der Waals surface area (Å²) in [4.78, 5) is 8.19. The Morgan fingerprint density at radius 3 is 1.43 bits per heavy atom. The van der Waals surface area contributed by atoms with Crippen LogP contribution in [0.5, 0.6) is 0 Å². The van der Waals surface area contributed by atoms with Gasteiger partial charge in [0, 0.05) is 56.9 Å². The van der Waals surface area contributed by atoms with Gasteiger partial charge in [0.25, 0.3) is 0 Å². The molecule has 0 aliphatic heterocycles. The number of aromatic nitrogens is 8. The molecule has 0 fully saturated rings. The van der Waals surface area contributed by atoms with E-state index in [0.717, 1.165) is 27.8 Å². The van der Waals surface area contributed by atoms with E-state index in [9.17, 15) is 0 Å². The summed E-state index contributed by atoms with van der Waals surface area (Å²) in [6, 6.07) is 46.3. The molecule has 6 aromatic carbocycles. The number of hydrogen-bond donors (Lipinski definition) is 0. The minimum absolute atomic E-state index is 0. The number of hydrogen-bond acceptors (Lipinski definition) is 3. The molecule has 0 saturated carbocycles. The summed E-state index contributed by atoms with van der Waals surface area (Å²) in [6.45, 7) is 1.80. The van der Waals surface area contributed by atoms with Crippen molar-refractivity contribution in [2.24, 2.45) is 14.1 Å². The van der Waals surface area contributed by atoms with Gasteiger partial charge in [0.2, 0.25) is 12.7 Å². The summed E-state index contributed by atoms with van der Waals surface area (Å²) >= 11 is 0. The zero-order valence-electron chi connectivity index (χ0n) is 29.3. The Labute approximate surface area is 321 Å². The standard InChI is InChI=1S/2C18H13N2.C8H7N4.Ir/c2*1-19-10-11-20(13-19)18-12-14-6-2-3-7-15(14)16-8-4-5-9-17(16)18;1-6-10-8(12-11-6)7-4-2-3-5-9-7;/h2*2-11H,1H3;2-5H,1H3;/q3*-1;. The van der Waals surface area contributed by atoms with Crippen molar-refractivity contribution in [2.45, 2.75) is 6.92 Å². The van der Waals surface area contributed by atoms with Gasteiger partial charge in [0.1, 0.15) is 0 Å². The Kier molecular flexibility index (Phi) is 10.3. The summed E-state index contributed by atoms with van der Waals surface area (Å²) in [7, 11) is 3.94. The molecule has 10 aromatic rings. The van der Waals surface area contributed by atoms with Crippen molar-refractivity contribution in [1.82, 2.24) is 29.3 Å². The first-order chi connectivity index (χ1) is 25.5. The molecule has 9 heteroatoms. The third kappa shape index (κ3) is 7.39. The second kappa shape index (κ2) is 15.5. The Hall–Kier alpha value is -6.28. The fraction of sp³-hybridized carbons (Fsp3) is 0.0682. The van der Waals surface area contributed by atoms with Crippen molar-refractivity contribution in [3.8, 4) is 22.9 Å². The SMILES string of the molecule is C[n+]1[c-]n(-c2[c-]c3ccccc3c3ccccc23)cc1.C[n+]1[c-]n(-c2[c-]c3ccccc3c3ccccc23)cc1.Cc1n[n-]c(-c2ccccn2)n1.[Ir].